The van der Waals surface area contributed by atoms with Crippen molar-refractivity contribution in [3.63, 3.8) is 0 Å². The smallest absolute Gasteiger partial charge is 0.128 e. The van der Waals surface area contributed by atoms with E-state index in [1.165, 1.54) is 0 Å². The maximum Gasteiger partial charge on any atom is 0.128 e. The van der Waals surface area contributed by atoms with Crippen molar-refractivity contribution in [3.05, 3.63) is 47.5 Å². The Kier molecular flexibility index (Phi) is 4.65. The van der Waals surface area contributed by atoms with E-state index in [2.05, 4.69) is 34.2 Å². The second-order valence-electron chi connectivity index (χ2n) is 4.34. The average Bonchev–Trinajstić information content (AvgIpc) is 2.51. The zero-order chi connectivity index (χ0) is 14.4. The zero-order valence-electron chi connectivity index (χ0n) is 11.7. The fourth-order valence-corrected chi connectivity index (χ4v) is 1.97. The molecule has 0 aliphatic heterocycles. The Bertz CT molecular complexity index is 547. The van der Waals surface area contributed by atoms with Crippen molar-refractivity contribution in [2.75, 3.05) is 23.3 Å². The van der Waals surface area contributed by atoms with E-state index in [1.807, 2.05) is 24.3 Å². The van der Waals surface area contributed by atoms with E-state index in [9.17, 15) is 4.91 Å². The summed E-state index contributed by atoms with van der Waals surface area (Å²) in [5, 5.41) is 6.11. The largest absolute Gasteiger partial charge is 0.357 e. The van der Waals surface area contributed by atoms with E-state index in [-0.39, 0.29) is 0 Å². The molecule has 0 spiro atoms. The number of hydrogen-bond donors (Lipinski definition) is 1. The molecule has 5 nitrogen and oxygen atoms in total. The summed E-state index contributed by atoms with van der Waals surface area (Å²) >= 11 is 0. The van der Waals surface area contributed by atoms with E-state index < -0.39 is 0 Å². The highest BCUT2D eigenvalue weighted by Gasteiger charge is 2.03. The summed E-state index contributed by atoms with van der Waals surface area (Å²) in [4.78, 5) is 17.0. The molecule has 20 heavy (non-hydrogen) atoms. The number of anilines is 3. The summed E-state index contributed by atoms with van der Waals surface area (Å²) in [6, 6.07) is 11.0. The molecule has 0 unspecified atom stereocenters. The summed E-state index contributed by atoms with van der Waals surface area (Å²) in [6.45, 7) is 6.10. The topological polar surface area (TPSA) is 57.6 Å². The summed E-state index contributed by atoms with van der Waals surface area (Å²) in [6.07, 6.45) is 1.81. The van der Waals surface area contributed by atoms with Gasteiger partial charge in [0.05, 0.1) is 11.9 Å². The summed E-state index contributed by atoms with van der Waals surface area (Å²) < 4.78 is 0. The van der Waals surface area contributed by atoms with Crippen LogP contribution in [0, 0.1) is 4.91 Å². The lowest BCUT2D eigenvalue weighted by molar-refractivity contribution is 0.846. The molecule has 1 heterocycles. The lowest BCUT2D eigenvalue weighted by Gasteiger charge is -2.19. The summed E-state index contributed by atoms with van der Waals surface area (Å²) in [5.41, 5.74) is 2.23. The molecule has 5 heteroatoms. The monoisotopic (exact) mass is 270 g/mol. The quantitative estimate of drug-likeness (QED) is 0.804. The molecular formula is C15H18N4O. The van der Waals surface area contributed by atoms with Gasteiger partial charge in [-0.05, 0) is 55.4 Å². The van der Waals surface area contributed by atoms with Gasteiger partial charge < -0.3 is 10.2 Å². The molecule has 1 aromatic heterocycles. The molecule has 0 saturated carbocycles. The van der Waals surface area contributed by atoms with Crippen LogP contribution in [-0.4, -0.2) is 18.1 Å². The minimum Gasteiger partial charge on any atom is -0.357 e. The third-order valence-electron chi connectivity index (χ3n) is 3.10. The Morgan fingerprint density at radius 3 is 2.20 bits per heavy atom. The third-order valence-corrected chi connectivity index (χ3v) is 3.10. The molecule has 0 bridgehead atoms. The van der Waals surface area contributed by atoms with Gasteiger partial charge in [0.2, 0.25) is 0 Å². The van der Waals surface area contributed by atoms with Gasteiger partial charge in [0, 0.05) is 18.8 Å². The van der Waals surface area contributed by atoms with Gasteiger partial charge in [-0.15, -0.1) is 4.91 Å². The Balaban J connectivity index is 2.07. The van der Waals surface area contributed by atoms with Crippen molar-refractivity contribution >= 4 is 22.9 Å². The molecule has 0 aliphatic carbocycles. The van der Waals surface area contributed by atoms with Crippen LogP contribution in [-0.2, 0) is 0 Å². The number of nitroso groups, excluding NO2 is 1. The molecule has 1 N–H and O–H groups in total. The van der Waals surface area contributed by atoms with Gasteiger partial charge >= 0.3 is 0 Å². The van der Waals surface area contributed by atoms with Crippen molar-refractivity contribution in [2.45, 2.75) is 13.8 Å². The number of hydrogen-bond acceptors (Lipinski definition) is 5. The first-order valence-electron chi connectivity index (χ1n) is 6.68. The zero-order valence-corrected chi connectivity index (χ0v) is 11.7. The molecule has 0 saturated heterocycles. The number of aromatic nitrogens is 1. The Morgan fingerprint density at radius 2 is 1.70 bits per heavy atom. The van der Waals surface area contributed by atoms with Crippen molar-refractivity contribution in [1.29, 1.82) is 0 Å². The van der Waals surface area contributed by atoms with Gasteiger partial charge in [-0.3, -0.25) is 0 Å². The normalized spacial score (nSPS) is 10.1. The number of pyridine rings is 1. The van der Waals surface area contributed by atoms with Gasteiger partial charge in [-0.25, -0.2) is 4.98 Å². The summed E-state index contributed by atoms with van der Waals surface area (Å²) in [7, 11) is 0. The van der Waals surface area contributed by atoms with Gasteiger partial charge in [0.1, 0.15) is 11.5 Å². The van der Waals surface area contributed by atoms with E-state index in [4.69, 9.17) is 0 Å². The van der Waals surface area contributed by atoms with Crippen LogP contribution < -0.4 is 10.2 Å². The number of nitrogens with one attached hydrogen (secondary N) is 1. The molecule has 0 radical (unpaired) electrons. The lowest BCUT2D eigenvalue weighted by atomic mass is 10.2. The molecule has 2 rings (SSSR count). The van der Waals surface area contributed by atoms with Crippen LogP contribution in [0.25, 0.3) is 0 Å². The van der Waals surface area contributed by atoms with Crippen LogP contribution in [0.3, 0.4) is 0 Å². The second kappa shape index (κ2) is 6.65. The molecule has 1 aromatic carbocycles. The highest BCUT2D eigenvalue weighted by atomic mass is 16.3. The number of rotatable bonds is 6. The average molecular weight is 270 g/mol. The number of benzene rings is 1. The molecule has 104 valence electrons. The van der Waals surface area contributed by atoms with Crippen LogP contribution in [0.2, 0.25) is 0 Å². The lowest BCUT2D eigenvalue weighted by Crippen LogP contribution is -2.22. The Labute approximate surface area is 118 Å². The first-order chi connectivity index (χ1) is 9.76. The van der Waals surface area contributed by atoms with Crippen molar-refractivity contribution in [3.8, 4) is 0 Å². The molecule has 0 aliphatic rings. The van der Waals surface area contributed by atoms with Gasteiger partial charge in [0.25, 0.3) is 0 Å². The first-order valence-corrected chi connectivity index (χ1v) is 6.68. The standard InChI is InChI=1S/C15H18N4O/c1-3-19(4-2)15-10-9-14(11-16-15)17-12-5-7-13(18-20)8-6-12/h5-11,17H,3-4H2,1-2H3. The minimum absolute atomic E-state index is 0.422. The highest BCUT2D eigenvalue weighted by Crippen LogP contribution is 2.21. The van der Waals surface area contributed by atoms with Gasteiger partial charge in [-0.1, -0.05) is 0 Å². The fraction of sp³-hybridized carbons (Fsp3) is 0.267. The van der Waals surface area contributed by atoms with Crippen LogP contribution in [0.1, 0.15) is 13.8 Å². The SMILES string of the molecule is CCN(CC)c1ccc(Nc2ccc(N=O)cc2)cn1. The molecule has 2 aromatic rings. The number of nitrogens with zero attached hydrogens (tertiary/aromatic N) is 3. The van der Waals surface area contributed by atoms with Crippen LogP contribution in [0.5, 0.6) is 0 Å². The van der Waals surface area contributed by atoms with E-state index >= 15 is 0 Å². The second-order valence-corrected chi connectivity index (χ2v) is 4.34. The van der Waals surface area contributed by atoms with Gasteiger partial charge in [0.15, 0.2) is 0 Å². The maximum absolute atomic E-state index is 10.3. The van der Waals surface area contributed by atoms with Gasteiger partial charge in [-0.2, -0.15) is 0 Å². The minimum atomic E-state index is 0.422. The molecule has 0 fully saturated rings. The van der Waals surface area contributed by atoms with Crippen LogP contribution in [0.4, 0.5) is 22.9 Å². The molecular weight excluding hydrogens is 252 g/mol. The predicted octanol–water partition coefficient (Wildman–Crippen LogP) is 4.07. The van der Waals surface area contributed by atoms with E-state index in [0.29, 0.717) is 5.69 Å². The van der Waals surface area contributed by atoms with Crippen LogP contribution >= 0.6 is 0 Å². The van der Waals surface area contributed by atoms with E-state index in [1.54, 1.807) is 18.3 Å². The van der Waals surface area contributed by atoms with Crippen molar-refractivity contribution in [1.82, 2.24) is 4.98 Å². The van der Waals surface area contributed by atoms with Crippen molar-refractivity contribution < 1.29 is 0 Å². The van der Waals surface area contributed by atoms with Crippen LogP contribution in [0.15, 0.2) is 47.8 Å². The Hall–Kier alpha value is -2.43. The highest BCUT2D eigenvalue weighted by molar-refractivity contribution is 5.62. The van der Waals surface area contributed by atoms with E-state index in [0.717, 1.165) is 30.3 Å². The van der Waals surface area contributed by atoms with Crippen molar-refractivity contribution in [2.24, 2.45) is 5.18 Å². The predicted molar refractivity (Wildman–Crippen MR) is 83.0 cm³/mol. The summed E-state index contributed by atoms with van der Waals surface area (Å²) in [5.74, 6) is 0.973. The fourth-order valence-electron chi connectivity index (χ4n) is 1.97. The maximum atomic E-state index is 10.3. The molecule has 0 amide bonds. The first kappa shape index (κ1) is 14.0. The third kappa shape index (κ3) is 3.32. The molecule has 0 atom stereocenters. The Morgan fingerprint density at radius 1 is 1.05 bits per heavy atom.